The molecule has 0 bridgehead atoms. The van der Waals surface area contributed by atoms with Crippen molar-refractivity contribution in [2.45, 2.75) is 24.8 Å². The van der Waals surface area contributed by atoms with Crippen LogP contribution in [0, 0.1) is 6.92 Å². The summed E-state index contributed by atoms with van der Waals surface area (Å²) in [6.45, 7) is 1.92. The third kappa shape index (κ3) is 3.61. The fourth-order valence-corrected chi connectivity index (χ4v) is 4.76. The predicted molar refractivity (Wildman–Crippen MR) is 76.0 cm³/mol. The van der Waals surface area contributed by atoms with Crippen molar-refractivity contribution in [3.63, 3.8) is 0 Å². The maximum atomic E-state index is 12.1. The Morgan fingerprint density at radius 2 is 2.26 bits per heavy atom. The number of thiophene rings is 1. The van der Waals surface area contributed by atoms with E-state index in [-0.39, 0.29) is 11.5 Å². The van der Waals surface area contributed by atoms with Crippen molar-refractivity contribution in [3.05, 3.63) is 32.4 Å². The van der Waals surface area contributed by atoms with Crippen LogP contribution in [0.4, 0.5) is 0 Å². The quantitative estimate of drug-likeness (QED) is 0.846. The minimum Gasteiger partial charge on any atom is -0.391 e. The van der Waals surface area contributed by atoms with Crippen LogP contribution in [0.5, 0.6) is 0 Å². The molecule has 0 saturated heterocycles. The van der Waals surface area contributed by atoms with E-state index in [1.165, 1.54) is 28.7 Å². The summed E-state index contributed by atoms with van der Waals surface area (Å²) in [5.74, 6) is 0. The average Bonchev–Trinajstić information content (AvgIpc) is 2.98. The third-order valence-electron chi connectivity index (χ3n) is 2.48. The lowest BCUT2D eigenvalue weighted by Gasteiger charge is -2.04. The Morgan fingerprint density at radius 1 is 1.47 bits per heavy atom. The Balaban J connectivity index is 2.03. The molecule has 2 N–H and O–H groups in total. The third-order valence-corrected chi connectivity index (χ3v) is 6.07. The number of aromatic nitrogens is 1. The van der Waals surface area contributed by atoms with Crippen molar-refractivity contribution in [2.24, 2.45) is 0 Å². The maximum absolute atomic E-state index is 12.1. The highest BCUT2D eigenvalue weighted by molar-refractivity contribution is 7.89. The van der Waals surface area contributed by atoms with Crippen LogP contribution in [0.1, 0.15) is 14.8 Å². The van der Waals surface area contributed by atoms with Crippen LogP contribution >= 0.6 is 22.7 Å². The standard InChI is InChI=1S/C11H14N2O3S3/c1-8-10(6-9(7-14)18-8)19(15,16)13-3-2-11-12-4-5-17-11/h4-6,13-14H,2-3,7H2,1H3. The molecule has 8 heteroatoms. The summed E-state index contributed by atoms with van der Waals surface area (Å²) in [4.78, 5) is 5.68. The van der Waals surface area contributed by atoms with Gasteiger partial charge in [-0.15, -0.1) is 22.7 Å². The largest absolute Gasteiger partial charge is 0.391 e. The molecule has 5 nitrogen and oxygen atoms in total. The highest BCUT2D eigenvalue weighted by atomic mass is 32.2. The summed E-state index contributed by atoms with van der Waals surface area (Å²) in [7, 11) is -3.51. The van der Waals surface area contributed by atoms with Gasteiger partial charge in [-0.25, -0.2) is 18.1 Å². The zero-order valence-corrected chi connectivity index (χ0v) is 12.7. The minimum absolute atomic E-state index is 0.139. The van der Waals surface area contributed by atoms with Gasteiger partial charge in [-0.3, -0.25) is 0 Å². The van der Waals surface area contributed by atoms with Gasteiger partial charge in [0.25, 0.3) is 0 Å². The minimum atomic E-state index is -3.51. The van der Waals surface area contributed by atoms with Gasteiger partial charge in [0.05, 0.1) is 16.5 Å². The number of aliphatic hydroxyl groups excluding tert-OH is 1. The van der Waals surface area contributed by atoms with Crippen LogP contribution in [0.25, 0.3) is 0 Å². The van der Waals surface area contributed by atoms with Crippen molar-refractivity contribution >= 4 is 32.7 Å². The number of aryl methyl sites for hydroxylation is 1. The second-order valence-electron chi connectivity index (χ2n) is 3.86. The Labute approximate surface area is 120 Å². The molecule has 19 heavy (non-hydrogen) atoms. The summed E-state index contributed by atoms with van der Waals surface area (Å²) in [6.07, 6.45) is 2.28. The molecule has 2 aromatic rings. The summed E-state index contributed by atoms with van der Waals surface area (Å²) in [6, 6.07) is 1.52. The van der Waals surface area contributed by atoms with Crippen LogP contribution in [-0.2, 0) is 23.1 Å². The average molecular weight is 318 g/mol. The number of aliphatic hydroxyl groups is 1. The first-order chi connectivity index (χ1) is 9.03. The first-order valence-corrected chi connectivity index (χ1v) is 8.79. The number of rotatable bonds is 6. The van der Waals surface area contributed by atoms with E-state index in [4.69, 9.17) is 5.11 Å². The molecular weight excluding hydrogens is 304 g/mol. The maximum Gasteiger partial charge on any atom is 0.241 e. The van der Waals surface area contributed by atoms with Gasteiger partial charge in [0.1, 0.15) is 0 Å². The molecule has 2 rings (SSSR count). The molecule has 0 aromatic carbocycles. The van der Waals surface area contributed by atoms with E-state index >= 15 is 0 Å². The number of thiazole rings is 1. The topological polar surface area (TPSA) is 79.3 Å². The number of nitrogens with zero attached hydrogens (tertiary/aromatic N) is 1. The predicted octanol–water partition coefficient (Wildman–Crippen LogP) is 1.53. The van der Waals surface area contributed by atoms with Crippen molar-refractivity contribution < 1.29 is 13.5 Å². The zero-order valence-electron chi connectivity index (χ0n) is 10.3. The van der Waals surface area contributed by atoms with Crippen LogP contribution in [0.2, 0.25) is 0 Å². The first-order valence-electron chi connectivity index (χ1n) is 5.61. The van der Waals surface area contributed by atoms with Gasteiger partial charge in [-0.05, 0) is 13.0 Å². The smallest absolute Gasteiger partial charge is 0.241 e. The highest BCUT2D eigenvalue weighted by Crippen LogP contribution is 2.25. The highest BCUT2D eigenvalue weighted by Gasteiger charge is 2.19. The van der Waals surface area contributed by atoms with E-state index < -0.39 is 10.0 Å². The van der Waals surface area contributed by atoms with Gasteiger partial charge in [0.2, 0.25) is 10.0 Å². The molecule has 0 radical (unpaired) electrons. The molecule has 0 aliphatic carbocycles. The van der Waals surface area contributed by atoms with Gasteiger partial charge in [-0.1, -0.05) is 0 Å². The summed E-state index contributed by atoms with van der Waals surface area (Å²) in [5, 5.41) is 11.8. The van der Waals surface area contributed by atoms with Crippen LogP contribution < -0.4 is 4.72 Å². The van der Waals surface area contributed by atoms with E-state index in [1.807, 2.05) is 5.38 Å². The van der Waals surface area contributed by atoms with E-state index in [0.29, 0.717) is 22.7 Å². The monoisotopic (exact) mass is 318 g/mol. The number of hydrogen-bond acceptors (Lipinski definition) is 6. The fourth-order valence-electron chi connectivity index (χ4n) is 1.62. The molecular formula is C11H14N2O3S3. The Kier molecular flexibility index (Phi) is 4.69. The number of nitrogens with one attached hydrogen (secondary N) is 1. The lowest BCUT2D eigenvalue weighted by atomic mass is 10.4. The van der Waals surface area contributed by atoms with Crippen molar-refractivity contribution in [1.29, 1.82) is 0 Å². The lowest BCUT2D eigenvalue weighted by Crippen LogP contribution is -2.26. The van der Waals surface area contributed by atoms with Crippen LogP contribution in [-0.4, -0.2) is 25.1 Å². The van der Waals surface area contributed by atoms with Crippen molar-refractivity contribution in [3.8, 4) is 0 Å². The molecule has 0 saturated carbocycles. The normalized spacial score (nSPS) is 11.9. The van der Waals surface area contributed by atoms with E-state index in [1.54, 1.807) is 13.1 Å². The van der Waals surface area contributed by atoms with Gasteiger partial charge in [0.15, 0.2) is 0 Å². The summed E-state index contributed by atoms with van der Waals surface area (Å²) >= 11 is 2.80. The van der Waals surface area contributed by atoms with Crippen molar-refractivity contribution in [2.75, 3.05) is 6.54 Å². The molecule has 0 aliphatic heterocycles. The van der Waals surface area contributed by atoms with Gasteiger partial charge >= 0.3 is 0 Å². The molecule has 0 amide bonds. The summed E-state index contributed by atoms with van der Waals surface area (Å²) < 4.78 is 26.8. The summed E-state index contributed by atoms with van der Waals surface area (Å²) in [5.41, 5.74) is 0. The van der Waals surface area contributed by atoms with Gasteiger partial charge in [-0.2, -0.15) is 0 Å². The molecule has 2 aromatic heterocycles. The molecule has 0 atom stereocenters. The van der Waals surface area contributed by atoms with E-state index in [0.717, 1.165) is 5.01 Å². The Bertz CT molecular complexity index is 632. The molecule has 0 fully saturated rings. The molecule has 0 aliphatic rings. The number of hydrogen-bond donors (Lipinski definition) is 2. The van der Waals surface area contributed by atoms with E-state index in [2.05, 4.69) is 9.71 Å². The molecule has 2 heterocycles. The second-order valence-corrected chi connectivity index (χ2v) is 7.92. The first kappa shape index (κ1) is 14.6. The molecule has 0 unspecified atom stereocenters. The number of sulfonamides is 1. The Morgan fingerprint density at radius 3 is 2.84 bits per heavy atom. The van der Waals surface area contributed by atoms with E-state index in [9.17, 15) is 8.42 Å². The van der Waals surface area contributed by atoms with Crippen molar-refractivity contribution in [1.82, 2.24) is 9.71 Å². The van der Waals surface area contributed by atoms with Crippen LogP contribution in [0.3, 0.4) is 0 Å². The van der Waals surface area contributed by atoms with Crippen LogP contribution in [0.15, 0.2) is 22.5 Å². The molecule has 104 valence electrons. The van der Waals surface area contributed by atoms with Gasteiger partial charge < -0.3 is 5.11 Å². The fraction of sp³-hybridized carbons (Fsp3) is 0.364. The molecule has 0 spiro atoms. The lowest BCUT2D eigenvalue weighted by molar-refractivity contribution is 0.285. The SMILES string of the molecule is Cc1sc(CO)cc1S(=O)(=O)NCCc1nccs1. The Hall–Kier alpha value is -0.800. The second kappa shape index (κ2) is 6.10. The zero-order chi connectivity index (χ0) is 13.9. The van der Waals surface area contributed by atoms with Gasteiger partial charge in [0, 0.05) is 34.3 Å².